The number of anilines is 2. The van der Waals surface area contributed by atoms with Gasteiger partial charge in [0.25, 0.3) is 5.56 Å². The Labute approximate surface area is 220 Å². The minimum absolute atomic E-state index is 0.204. The van der Waals surface area contributed by atoms with Crippen molar-refractivity contribution < 1.29 is 12.8 Å². The molecule has 2 aromatic carbocycles. The summed E-state index contributed by atoms with van der Waals surface area (Å²) in [5, 5.41) is 4.66. The number of aryl methyl sites for hydroxylation is 3. The fraction of sp³-hybridized carbons (Fsp3) is 0.333. The van der Waals surface area contributed by atoms with E-state index in [9.17, 15) is 17.6 Å². The number of fused-ring (bicyclic) bond motifs is 3. The van der Waals surface area contributed by atoms with E-state index in [1.807, 2.05) is 49.7 Å². The molecule has 0 unspecified atom stereocenters. The molecule has 0 saturated carbocycles. The molecule has 1 aliphatic rings. The molecule has 0 radical (unpaired) electrons. The summed E-state index contributed by atoms with van der Waals surface area (Å²) in [6, 6.07) is 8.35. The molecular formula is C27H31FN6O3S. The minimum atomic E-state index is -3.16. The Morgan fingerprint density at radius 1 is 1.13 bits per heavy atom. The van der Waals surface area contributed by atoms with E-state index in [0.717, 1.165) is 27.9 Å². The molecule has 0 aliphatic carbocycles. The molecule has 0 spiro atoms. The van der Waals surface area contributed by atoms with Crippen LogP contribution in [0.25, 0.3) is 27.9 Å². The van der Waals surface area contributed by atoms with E-state index >= 15 is 0 Å². The summed E-state index contributed by atoms with van der Waals surface area (Å²) in [6.07, 6.45) is 5.15. The maximum atomic E-state index is 13.5. The van der Waals surface area contributed by atoms with E-state index in [1.165, 1.54) is 22.7 Å². The predicted octanol–water partition coefficient (Wildman–Crippen LogP) is 3.50. The molecule has 1 aliphatic heterocycles. The van der Waals surface area contributed by atoms with Gasteiger partial charge in [-0.2, -0.15) is 4.31 Å². The number of sulfonamides is 1. The van der Waals surface area contributed by atoms with Gasteiger partial charge in [0.15, 0.2) is 0 Å². The van der Waals surface area contributed by atoms with Crippen molar-refractivity contribution >= 4 is 49.5 Å². The van der Waals surface area contributed by atoms with Gasteiger partial charge in [-0.1, -0.05) is 12.1 Å². The molecule has 2 aromatic heterocycles. The Bertz CT molecular complexity index is 1730. The first-order valence-corrected chi connectivity index (χ1v) is 14.3. The first-order chi connectivity index (χ1) is 18.0. The standard InChI is InChI=1S/C27H31FN6O3S/c1-17-16-19(28)7-9-21(17)30-27-31-23-10-8-20-18(2)22(29-26(35)24(20)25(23)32(27)3)6-5-11-33-12-14-34(15-13-33)38(4,36)37/h5-10,16H,11-15H2,1-4H3,(H,29,35)(H,30,31)/b6-5+. The van der Waals surface area contributed by atoms with E-state index in [1.54, 1.807) is 6.07 Å². The topological polar surface area (TPSA) is 103 Å². The van der Waals surface area contributed by atoms with Crippen molar-refractivity contribution in [3.63, 3.8) is 0 Å². The highest BCUT2D eigenvalue weighted by Crippen LogP contribution is 2.30. The van der Waals surface area contributed by atoms with Gasteiger partial charge in [-0.25, -0.2) is 17.8 Å². The van der Waals surface area contributed by atoms with E-state index in [-0.39, 0.29) is 11.4 Å². The summed E-state index contributed by atoms with van der Waals surface area (Å²) in [5.41, 5.74) is 4.37. The van der Waals surface area contributed by atoms with Crippen LogP contribution >= 0.6 is 0 Å². The van der Waals surface area contributed by atoms with Gasteiger partial charge in [-0.3, -0.25) is 9.69 Å². The molecule has 5 rings (SSSR count). The quantitative estimate of drug-likeness (QED) is 0.390. The highest BCUT2D eigenvalue weighted by Gasteiger charge is 2.22. The number of hydrogen-bond acceptors (Lipinski definition) is 6. The Morgan fingerprint density at radius 3 is 2.55 bits per heavy atom. The number of halogens is 1. The van der Waals surface area contributed by atoms with Crippen LogP contribution in [0.2, 0.25) is 0 Å². The van der Waals surface area contributed by atoms with Gasteiger partial charge in [0.1, 0.15) is 5.82 Å². The summed E-state index contributed by atoms with van der Waals surface area (Å²) < 4.78 is 40.3. The van der Waals surface area contributed by atoms with Crippen LogP contribution < -0.4 is 10.9 Å². The monoisotopic (exact) mass is 538 g/mol. The largest absolute Gasteiger partial charge is 0.325 e. The average molecular weight is 539 g/mol. The van der Waals surface area contributed by atoms with Crippen LogP contribution in [0.15, 0.2) is 41.2 Å². The van der Waals surface area contributed by atoms with Gasteiger partial charge >= 0.3 is 0 Å². The van der Waals surface area contributed by atoms with Gasteiger partial charge in [-0.05, 0) is 60.7 Å². The predicted molar refractivity (Wildman–Crippen MR) is 150 cm³/mol. The number of benzene rings is 2. The molecular weight excluding hydrogens is 507 g/mol. The van der Waals surface area contributed by atoms with Crippen LogP contribution in [0.1, 0.15) is 16.8 Å². The third-order valence-corrected chi connectivity index (χ3v) is 8.51. The lowest BCUT2D eigenvalue weighted by Crippen LogP contribution is -2.48. The molecule has 0 atom stereocenters. The maximum absolute atomic E-state index is 13.5. The fourth-order valence-corrected chi connectivity index (χ4v) is 5.83. The molecule has 1 saturated heterocycles. The third kappa shape index (κ3) is 4.96. The zero-order chi connectivity index (χ0) is 27.2. The second-order valence-electron chi connectivity index (χ2n) is 9.79. The highest BCUT2D eigenvalue weighted by molar-refractivity contribution is 7.88. The number of H-pyrrole nitrogens is 1. The van der Waals surface area contributed by atoms with E-state index in [2.05, 4.69) is 20.2 Å². The molecule has 2 N–H and O–H groups in total. The van der Waals surface area contributed by atoms with Gasteiger partial charge in [-0.15, -0.1) is 0 Å². The summed E-state index contributed by atoms with van der Waals surface area (Å²) in [6.45, 7) is 6.76. The van der Waals surface area contributed by atoms with Crippen LogP contribution in [0.3, 0.4) is 0 Å². The molecule has 200 valence electrons. The number of rotatable bonds is 6. The van der Waals surface area contributed by atoms with Gasteiger partial charge in [0, 0.05) is 51.2 Å². The fourth-order valence-electron chi connectivity index (χ4n) is 5.00. The van der Waals surface area contributed by atoms with E-state index in [4.69, 9.17) is 0 Å². The molecule has 3 heterocycles. The van der Waals surface area contributed by atoms with Crippen LogP contribution in [0.5, 0.6) is 0 Å². The Balaban J connectivity index is 1.42. The molecule has 0 bridgehead atoms. The van der Waals surface area contributed by atoms with Crippen LogP contribution in [-0.2, 0) is 17.1 Å². The Kier molecular flexibility index (Phi) is 6.84. The SMILES string of the molecule is Cc1cc(F)ccc1Nc1nc2ccc3c(C)c(/C=C/CN4CCN(S(C)(=O)=O)CC4)[nH]c(=O)c3c2n1C. The van der Waals surface area contributed by atoms with Crippen LogP contribution in [0.4, 0.5) is 16.0 Å². The smallest absolute Gasteiger partial charge is 0.258 e. The molecule has 1 fully saturated rings. The number of pyridine rings is 1. The zero-order valence-electron chi connectivity index (χ0n) is 21.9. The normalized spacial score (nSPS) is 15.7. The Morgan fingerprint density at radius 2 is 1.87 bits per heavy atom. The van der Waals surface area contributed by atoms with E-state index in [0.29, 0.717) is 55.1 Å². The molecule has 4 aromatic rings. The number of aromatic nitrogens is 3. The lowest BCUT2D eigenvalue weighted by atomic mass is 10.0. The number of imidazole rings is 1. The third-order valence-electron chi connectivity index (χ3n) is 7.20. The van der Waals surface area contributed by atoms with Gasteiger partial charge in [0.05, 0.1) is 22.7 Å². The minimum Gasteiger partial charge on any atom is -0.325 e. The zero-order valence-corrected chi connectivity index (χ0v) is 22.7. The summed E-state index contributed by atoms with van der Waals surface area (Å²) in [4.78, 5) is 23.2. The van der Waals surface area contributed by atoms with Crippen molar-refractivity contribution in [3.8, 4) is 0 Å². The average Bonchev–Trinajstić information content (AvgIpc) is 3.18. The van der Waals surface area contributed by atoms with Crippen molar-refractivity contribution in [2.45, 2.75) is 13.8 Å². The number of aromatic amines is 1. The number of hydrogen-bond donors (Lipinski definition) is 2. The first-order valence-electron chi connectivity index (χ1n) is 12.4. The molecule has 0 amide bonds. The van der Waals surface area contributed by atoms with Crippen molar-refractivity contribution in [2.24, 2.45) is 7.05 Å². The lowest BCUT2D eigenvalue weighted by molar-refractivity contribution is 0.205. The number of nitrogens with one attached hydrogen (secondary N) is 2. The second-order valence-corrected chi connectivity index (χ2v) is 11.8. The highest BCUT2D eigenvalue weighted by atomic mass is 32.2. The van der Waals surface area contributed by atoms with E-state index < -0.39 is 10.0 Å². The lowest BCUT2D eigenvalue weighted by Gasteiger charge is -2.32. The second kappa shape index (κ2) is 9.97. The van der Waals surface area contributed by atoms with Crippen molar-refractivity contribution in [3.05, 3.63) is 69.4 Å². The molecule has 38 heavy (non-hydrogen) atoms. The maximum Gasteiger partial charge on any atom is 0.258 e. The summed E-state index contributed by atoms with van der Waals surface area (Å²) in [7, 11) is -1.31. The van der Waals surface area contributed by atoms with Crippen LogP contribution in [0, 0.1) is 19.7 Å². The van der Waals surface area contributed by atoms with Crippen molar-refractivity contribution in [2.75, 3.05) is 44.3 Å². The molecule has 9 nitrogen and oxygen atoms in total. The van der Waals surface area contributed by atoms with Gasteiger partial charge < -0.3 is 14.9 Å². The Hall–Kier alpha value is -3.54. The number of piperazine rings is 1. The number of nitrogens with zero attached hydrogens (tertiary/aromatic N) is 4. The summed E-state index contributed by atoms with van der Waals surface area (Å²) >= 11 is 0. The summed E-state index contributed by atoms with van der Waals surface area (Å²) in [5.74, 6) is 0.254. The van der Waals surface area contributed by atoms with Crippen molar-refractivity contribution in [1.29, 1.82) is 0 Å². The first kappa shape index (κ1) is 26.1. The van der Waals surface area contributed by atoms with Crippen LogP contribution in [-0.4, -0.2) is 71.1 Å². The van der Waals surface area contributed by atoms with Gasteiger partial charge in [0.2, 0.25) is 16.0 Å². The van der Waals surface area contributed by atoms with Crippen molar-refractivity contribution in [1.82, 2.24) is 23.7 Å². The molecule has 11 heteroatoms.